The molecule has 9 heteroatoms. The summed E-state index contributed by atoms with van der Waals surface area (Å²) in [5.74, 6) is -0.201. The molecular formula is C59H113N2O6P. The summed E-state index contributed by atoms with van der Waals surface area (Å²) >= 11 is 0. The molecule has 3 unspecified atom stereocenters. The highest BCUT2D eigenvalue weighted by Gasteiger charge is 2.23. The summed E-state index contributed by atoms with van der Waals surface area (Å²) in [5, 5.41) is 13.6. The molecule has 68 heavy (non-hydrogen) atoms. The molecule has 0 aromatic rings. The van der Waals surface area contributed by atoms with Crippen LogP contribution in [0.5, 0.6) is 0 Å². The number of hydrogen-bond donors (Lipinski definition) is 2. The maximum absolute atomic E-state index is 12.8. The maximum atomic E-state index is 12.8. The molecule has 0 fully saturated rings. The highest BCUT2D eigenvalue weighted by Crippen LogP contribution is 2.38. The summed E-state index contributed by atoms with van der Waals surface area (Å²) in [6.07, 6.45) is 67.1. The quantitative estimate of drug-likeness (QED) is 0.0272. The van der Waals surface area contributed by atoms with Gasteiger partial charge in [0.2, 0.25) is 5.91 Å². The Bertz CT molecular complexity index is 1250. The van der Waals surface area contributed by atoms with E-state index < -0.39 is 20.0 Å². The third-order valence-electron chi connectivity index (χ3n) is 13.0. The van der Waals surface area contributed by atoms with Gasteiger partial charge in [0.25, 0.3) is 7.82 Å². The van der Waals surface area contributed by atoms with E-state index in [1.165, 1.54) is 193 Å². The van der Waals surface area contributed by atoms with Crippen molar-refractivity contribution in [1.29, 1.82) is 0 Å². The topological polar surface area (TPSA) is 108 Å². The van der Waals surface area contributed by atoms with Gasteiger partial charge >= 0.3 is 0 Å². The number of nitrogens with zero attached hydrogens (tertiary/aromatic N) is 1. The minimum atomic E-state index is -4.57. The van der Waals surface area contributed by atoms with Gasteiger partial charge in [-0.25, -0.2) is 0 Å². The maximum Gasteiger partial charge on any atom is 0.268 e. The first-order chi connectivity index (χ1) is 33.0. The fourth-order valence-electron chi connectivity index (χ4n) is 8.46. The summed E-state index contributed by atoms with van der Waals surface area (Å²) < 4.78 is 23.1. The Balaban J connectivity index is 3.66. The smallest absolute Gasteiger partial charge is 0.268 e. The number of carbonyl (C=O) groups excluding carboxylic acids is 1. The van der Waals surface area contributed by atoms with Crippen molar-refractivity contribution in [1.82, 2.24) is 5.32 Å². The lowest BCUT2D eigenvalue weighted by molar-refractivity contribution is -0.870. The summed E-state index contributed by atoms with van der Waals surface area (Å²) in [6.45, 7) is 4.53. The molecule has 400 valence electrons. The Labute approximate surface area is 422 Å². The van der Waals surface area contributed by atoms with Crippen LogP contribution in [0.4, 0.5) is 0 Å². The number of nitrogens with one attached hydrogen (secondary N) is 1. The molecule has 0 saturated heterocycles. The molecular weight excluding hydrogens is 864 g/mol. The molecule has 3 atom stereocenters. The monoisotopic (exact) mass is 977 g/mol. The van der Waals surface area contributed by atoms with Gasteiger partial charge in [0.1, 0.15) is 13.2 Å². The van der Waals surface area contributed by atoms with Gasteiger partial charge in [0, 0.05) is 6.42 Å². The molecule has 0 aliphatic rings. The number of aliphatic hydroxyl groups excluding tert-OH is 1. The van der Waals surface area contributed by atoms with Gasteiger partial charge < -0.3 is 28.8 Å². The van der Waals surface area contributed by atoms with Crippen LogP contribution in [0.3, 0.4) is 0 Å². The lowest BCUT2D eigenvalue weighted by Gasteiger charge is -2.29. The van der Waals surface area contributed by atoms with Crippen LogP contribution in [0.1, 0.15) is 271 Å². The van der Waals surface area contributed by atoms with Crippen LogP contribution in [-0.4, -0.2) is 68.5 Å². The van der Waals surface area contributed by atoms with E-state index in [1.807, 2.05) is 27.2 Å². The number of phosphoric ester groups is 1. The Morgan fingerprint density at radius 3 is 1.26 bits per heavy atom. The first kappa shape index (κ1) is 66.5. The van der Waals surface area contributed by atoms with E-state index >= 15 is 0 Å². The number of phosphoric acid groups is 1. The zero-order chi connectivity index (χ0) is 49.9. The second-order valence-corrected chi connectivity index (χ2v) is 22.4. The van der Waals surface area contributed by atoms with E-state index in [1.54, 1.807) is 6.08 Å². The zero-order valence-corrected chi connectivity index (χ0v) is 46.5. The number of allylic oxidation sites excluding steroid dienone is 7. The Morgan fingerprint density at radius 2 is 0.853 bits per heavy atom. The van der Waals surface area contributed by atoms with Crippen LogP contribution in [0.25, 0.3) is 0 Å². The van der Waals surface area contributed by atoms with Crippen LogP contribution >= 0.6 is 7.82 Å². The SMILES string of the molecule is CCCCC/C=C/C(O)C(COP(=O)([O-])OCC[N+](C)(C)C)NC(=O)CCCCCCCCCCCCCCCCCCCCCCCCCCCC/C=C\C/C=C\C/C=C\CCCCCCC. The molecule has 0 spiro atoms. The first-order valence-electron chi connectivity index (χ1n) is 29.0. The molecule has 0 heterocycles. The molecule has 0 rings (SSSR count). The Kier molecular flexibility index (Phi) is 49.3. The zero-order valence-electron chi connectivity index (χ0n) is 45.6. The van der Waals surface area contributed by atoms with Crippen molar-refractivity contribution >= 4 is 13.7 Å². The highest BCUT2D eigenvalue weighted by atomic mass is 31.2. The van der Waals surface area contributed by atoms with Crippen molar-refractivity contribution in [2.24, 2.45) is 0 Å². The van der Waals surface area contributed by atoms with E-state index in [9.17, 15) is 19.4 Å². The first-order valence-corrected chi connectivity index (χ1v) is 30.5. The average Bonchev–Trinajstić information content (AvgIpc) is 3.30. The molecule has 8 nitrogen and oxygen atoms in total. The van der Waals surface area contributed by atoms with Crippen molar-refractivity contribution in [3.05, 3.63) is 48.6 Å². The molecule has 0 aromatic heterocycles. The number of unbranched alkanes of at least 4 members (excludes halogenated alkanes) is 34. The van der Waals surface area contributed by atoms with Crippen LogP contribution in [0, 0.1) is 0 Å². The lowest BCUT2D eigenvalue weighted by atomic mass is 10.0. The van der Waals surface area contributed by atoms with E-state index in [-0.39, 0.29) is 19.1 Å². The van der Waals surface area contributed by atoms with Crippen molar-refractivity contribution in [3.8, 4) is 0 Å². The third-order valence-corrected chi connectivity index (χ3v) is 14.0. The van der Waals surface area contributed by atoms with Crippen molar-refractivity contribution < 1.29 is 32.9 Å². The predicted molar refractivity (Wildman–Crippen MR) is 293 cm³/mol. The van der Waals surface area contributed by atoms with Crippen molar-refractivity contribution in [2.45, 2.75) is 283 Å². The summed E-state index contributed by atoms with van der Waals surface area (Å²) in [4.78, 5) is 25.2. The molecule has 0 aliphatic heterocycles. The largest absolute Gasteiger partial charge is 0.756 e. The Hall–Kier alpha value is -1.54. The number of aliphatic hydroxyl groups is 1. The van der Waals surface area contributed by atoms with E-state index in [0.29, 0.717) is 17.4 Å². The van der Waals surface area contributed by atoms with E-state index in [2.05, 4.69) is 55.6 Å². The lowest BCUT2D eigenvalue weighted by Crippen LogP contribution is -2.45. The molecule has 1 amide bonds. The minimum absolute atomic E-state index is 0.000863. The third kappa shape index (κ3) is 52.3. The number of hydrogen-bond acceptors (Lipinski definition) is 6. The molecule has 0 aromatic carbocycles. The van der Waals surface area contributed by atoms with Crippen molar-refractivity contribution in [3.63, 3.8) is 0 Å². The number of carbonyl (C=O) groups is 1. The number of amides is 1. The van der Waals surface area contributed by atoms with Gasteiger partial charge in [0.05, 0.1) is 39.9 Å². The van der Waals surface area contributed by atoms with Gasteiger partial charge in [-0.1, -0.05) is 255 Å². The van der Waals surface area contributed by atoms with E-state index in [0.717, 1.165) is 57.8 Å². The van der Waals surface area contributed by atoms with Crippen LogP contribution in [0.2, 0.25) is 0 Å². The van der Waals surface area contributed by atoms with Crippen LogP contribution < -0.4 is 10.2 Å². The summed E-state index contributed by atoms with van der Waals surface area (Å²) in [7, 11) is 1.26. The van der Waals surface area contributed by atoms with Crippen LogP contribution in [0.15, 0.2) is 48.6 Å². The number of rotatable bonds is 53. The fraction of sp³-hybridized carbons (Fsp3) is 0.847. The predicted octanol–water partition coefficient (Wildman–Crippen LogP) is 16.9. The number of quaternary nitrogens is 1. The molecule has 2 N–H and O–H groups in total. The fourth-order valence-corrected chi connectivity index (χ4v) is 9.18. The number of likely N-dealkylation sites (N-methyl/N-ethyl adjacent to an activating group) is 1. The normalized spacial score (nSPS) is 14.3. The Morgan fingerprint density at radius 1 is 0.515 bits per heavy atom. The average molecular weight is 978 g/mol. The summed E-state index contributed by atoms with van der Waals surface area (Å²) in [6, 6.07) is -0.880. The second-order valence-electron chi connectivity index (χ2n) is 21.0. The molecule has 0 aliphatic carbocycles. The second kappa shape index (κ2) is 50.4. The van der Waals surface area contributed by atoms with Crippen molar-refractivity contribution in [2.75, 3.05) is 40.9 Å². The highest BCUT2D eigenvalue weighted by molar-refractivity contribution is 7.45. The van der Waals surface area contributed by atoms with Crippen LogP contribution in [-0.2, 0) is 18.4 Å². The van der Waals surface area contributed by atoms with Gasteiger partial charge in [-0.05, 0) is 57.8 Å². The van der Waals surface area contributed by atoms with Gasteiger partial charge in [-0.15, -0.1) is 0 Å². The summed E-state index contributed by atoms with van der Waals surface area (Å²) in [5.41, 5.74) is 0. The molecule has 0 saturated carbocycles. The van der Waals surface area contributed by atoms with Gasteiger partial charge in [-0.2, -0.15) is 0 Å². The standard InChI is InChI=1S/C59H113N2O6P/c1-6-8-10-12-13-14-15-16-17-18-19-20-21-22-23-24-25-26-27-28-29-30-31-32-33-34-35-36-37-38-39-40-41-42-43-44-45-46-47-49-51-53-59(63)60-57(58(62)52-50-48-11-9-7-2)56-67-68(64,65)66-55-54-61(3,4)5/h15-16,18-19,21-22,50,52,57-58,62H,6-14,17,20,23-49,51,53-56H2,1-5H3,(H-,60,63,64,65)/b16-15-,19-18-,22-21-,52-50+. The van der Waals surface area contributed by atoms with E-state index in [4.69, 9.17) is 9.05 Å². The van der Waals surface area contributed by atoms with Gasteiger partial charge in [-0.3, -0.25) is 9.36 Å². The molecule has 0 bridgehead atoms. The van der Waals surface area contributed by atoms with Gasteiger partial charge in [0.15, 0.2) is 0 Å². The minimum Gasteiger partial charge on any atom is -0.756 e. The molecule has 0 radical (unpaired) electrons.